The first-order chi connectivity index (χ1) is 13.5. The summed E-state index contributed by atoms with van der Waals surface area (Å²) in [6, 6.07) is 21.0. The molecule has 0 atom stereocenters. The first-order valence-electron chi connectivity index (χ1n) is 8.21. The molecule has 3 aromatic rings. The van der Waals surface area contributed by atoms with Gasteiger partial charge in [-0.1, -0.05) is 75.5 Å². The molecule has 6 heteroatoms. The summed E-state index contributed by atoms with van der Waals surface area (Å²) in [5.41, 5.74) is 2.82. The Morgan fingerprint density at radius 1 is 1.04 bits per heavy atom. The summed E-state index contributed by atoms with van der Waals surface area (Å²) < 4.78 is 7.70. The van der Waals surface area contributed by atoms with Crippen LogP contribution in [0.2, 0.25) is 10.0 Å². The zero-order valence-electron chi connectivity index (χ0n) is 14.4. The van der Waals surface area contributed by atoms with E-state index in [1.165, 1.54) is 0 Å². The lowest BCUT2D eigenvalue weighted by atomic mass is 10.0. The van der Waals surface area contributed by atoms with Gasteiger partial charge >= 0.3 is 0 Å². The van der Waals surface area contributed by atoms with Crippen molar-refractivity contribution in [1.29, 1.82) is 5.26 Å². The normalized spacial score (nSPS) is 11.2. The number of allylic oxidation sites excluding steroid dienone is 1. The molecule has 0 fully saturated rings. The van der Waals surface area contributed by atoms with E-state index in [-0.39, 0.29) is 0 Å². The quantitative estimate of drug-likeness (QED) is 0.243. The predicted molar refractivity (Wildman–Crippen MR) is 123 cm³/mol. The molecule has 0 saturated heterocycles. The van der Waals surface area contributed by atoms with Crippen molar-refractivity contribution >= 4 is 66.7 Å². The summed E-state index contributed by atoms with van der Waals surface area (Å²) in [6.45, 7) is 0.408. The number of ether oxygens (including phenoxy) is 1. The monoisotopic (exact) mass is 535 g/mol. The third-order valence-corrected chi connectivity index (χ3v) is 5.50. The first-order valence-corrected chi connectivity index (χ1v) is 10.5. The fourth-order valence-electron chi connectivity index (χ4n) is 2.60. The topological polar surface area (TPSA) is 33.0 Å². The predicted octanol–water partition coefficient (Wildman–Crippen LogP) is 8.16. The van der Waals surface area contributed by atoms with Gasteiger partial charge in [-0.2, -0.15) is 5.26 Å². The van der Waals surface area contributed by atoms with E-state index in [0.29, 0.717) is 33.5 Å². The van der Waals surface area contributed by atoms with Gasteiger partial charge in [0.1, 0.15) is 12.4 Å². The number of benzene rings is 3. The molecule has 28 heavy (non-hydrogen) atoms. The van der Waals surface area contributed by atoms with Crippen LogP contribution < -0.4 is 4.74 Å². The average Bonchev–Trinajstić information content (AvgIpc) is 2.66. The first kappa shape index (κ1) is 21.0. The van der Waals surface area contributed by atoms with Crippen LogP contribution in [0.25, 0.3) is 11.6 Å². The molecule has 2 nitrogen and oxygen atoms in total. The van der Waals surface area contributed by atoms with Gasteiger partial charge < -0.3 is 4.74 Å². The molecule has 0 aliphatic heterocycles. The molecule has 0 bridgehead atoms. The third kappa shape index (κ3) is 5.18. The van der Waals surface area contributed by atoms with Crippen LogP contribution in [0, 0.1) is 11.3 Å². The van der Waals surface area contributed by atoms with Crippen LogP contribution in [0.15, 0.2) is 69.6 Å². The summed E-state index contributed by atoms with van der Waals surface area (Å²) in [4.78, 5) is 0. The van der Waals surface area contributed by atoms with Gasteiger partial charge in [0.05, 0.1) is 21.1 Å². The van der Waals surface area contributed by atoms with Crippen molar-refractivity contribution in [1.82, 2.24) is 0 Å². The molecule has 0 N–H and O–H groups in total. The second kappa shape index (κ2) is 9.62. The van der Waals surface area contributed by atoms with E-state index in [1.54, 1.807) is 24.3 Å². The maximum atomic E-state index is 9.70. The Morgan fingerprint density at radius 3 is 2.46 bits per heavy atom. The second-order valence-corrected chi connectivity index (χ2v) is 8.49. The van der Waals surface area contributed by atoms with Crippen LogP contribution in [0.3, 0.4) is 0 Å². The van der Waals surface area contributed by atoms with Crippen LogP contribution in [0.4, 0.5) is 0 Å². The van der Waals surface area contributed by atoms with Crippen molar-refractivity contribution in [3.8, 4) is 11.8 Å². The minimum Gasteiger partial charge on any atom is -0.487 e. The Hall–Kier alpha value is -1.77. The molecule has 0 aromatic heterocycles. The van der Waals surface area contributed by atoms with E-state index in [0.717, 1.165) is 20.1 Å². The second-order valence-electron chi connectivity index (χ2n) is 5.87. The van der Waals surface area contributed by atoms with Gasteiger partial charge in [-0.05, 0) is 51.8 Å². The smallest absolute Gasteiger partial charge is 0.141 e. The van der Waals surface area contributed by atoms with Gasteiger partial charge in [0.15, 0.2) is 0 Å². The number of hydrogen-bond acceptors (Lipinski definition) is 2. The standard InChI is InChI=1S/C22H13Br2Cl2NO/c23-17-9-15(8-16(12-27)19-7-6-18(25)11-21(19)26)22(20(24)10-17)28-13-14-4-2-1-3-5-14/h1-11H,13H2/b16-8+. The number of nitrogens with zero attached hydrogens (tertiary/aromatic N) is 1. The van der Waals surface area contributed by atoms with Gasteiger partial charge in [-0.15, -0.1) is 0 Å². The van der Waals surface area contributed by atoms with Gasteiger partial charge in [-0.3, -0.25) is 0 Å². The molecule has 0 radical (unpaired) electrons. The van der Waals surface area contributed by atoms with E-state index >= 15 is 0 Å². The molecule has 0 heterocycles. The molecule has 0 saturated carbocycles. The molecule has 3 rings (SSSR count). The maximum absolute atomic E-state index is 9.70. The minimum absolute atomic E-state index is 0.408. The van der Waals surface area contributed by atoms with Gasteiger partial charge in [0, 0.05) is 20.6 Å². The fraction of sp³-hybridized carbons (Fsp3) is 0.0455. The van der Waals surface area contributed by atoms with Gasteiger partial charge in [-0.25, -0.2) is 0 Å². The fourth-order valence-corrected chi connectivity index (χ4v) is 4.49. The highest BCUT2D eigenvalue weighted by Gasteiger charge is 2.13. The van der Waals surface area contributed by atoms with Crippen molar-refractivity contribution in [2.24, 2.45) is 0 Å². The van der Waals surface area contributed by atoms with Crippen molar-refractivity contribution in [3.63, 3.8) is 0 Å². The van der Waals surface area contributed by atoms with Crippen molar-refractivity contribution < 1.29 is 4.74 Å². The Morgan fingerprint density at radius 2 is 1.79 bits per heavy atom. The van der Waals surface area contributed by atoms with E-state index in [2.05, 4.69) is 37.9 Å². The lowest BCUT2D eigenvalue weighted by Gasteiger charge is -2.13. The molecule has 0 aliphatic carbocycles. The van der Waals surface area contributed by atoms with Crippen molar-refractivity contribution in [3.05, 3.63) is 96.3 Å². The van der Waals surface area contributed by atoms with E-state index in [9.17, 15) is 5.26 Å². The summed E-state index contributed by atoms with van der Waals surface area (Å²) in [5.74, 6) is 0.643. The number of halogens is 4. The molecule has 140 valence electrons. The number of hydrogen-bond donors (Lipinski definition) is 0. The molecule has 0 aliphatic rings. The summed E-state index contributed by atoms with van der Waals surface area (Å²) in [5, 5.41) is 10.6. The minimum atomic E-state index is 0.408. The van der Waals surface area contributed by atoms with Crippen LogP contribution in [0.5, 0.6) is 5.75 Å². The van der Waals surface area contributed by atoms with Crippen LogP contribution >= 0.6 is 55.1 Å². The van der Waals surface area contributed by atoms with Crippen molar-refractivity contribution in [2.45, 2.75) is 6.61 Å². The van der Waals surface area contributed by atoms with E-state index in [1.807, 2.05) is 42.5 Å². The molecule has 0 spiro atoms. The van der Waals surface area contributed by atoms with E-state index in [4.69, 9.17) is 27.9 Å². The largest absolute Gasteiger partial charge is 0.487 e. The summed E-state index contributed by atoms with van der Waals surface area (Å²) >= 11 is 19.3. The highest BCUT2D eigenvalue weighted by molar-refractivity contribution is 9.11. The molecular weight excluding hydrogens is 525 g/mol. The Bertz CT molecular complexity index is 1080. The average molecular weight is 538 g/mol. The molecule has 3 aromatic carbocycles. The maximum Gasteiger partial charge on any atom is 0.141 e. The summed E-state index contributed by atoms with van der Waals surface area (Å²) in [7, 11) is 0. The van der Waals surface area contributed by atoms with Crippen LogP contribution in [0.1, 0.15) is 16.7 Å². The Labute approximate surface area is 190 Å². The SMILES string of the molecule is N#C/C(=C\c1cc(Br)cc(Br)c1OCc1ccccc1)c1ccc(Cl)cc1Cl. The van der Waals surface area contributed by atoms with Gasteiger partial charge in [0.2, 0.25) is 0 Å². The lowest BCUT2D eigenvalue weighted by molar-refractivity contribution is 0.303. The number of nitriles is 1. The van der Waals surface area contributed by atoms with Crippen LogP contribution in [-0.4, -0.2) is 0 Å². The number of rotatable bonds is 5. The summed E-state index contributed by atoms with van der Waals surface area (Å²) in [6.07, 6.45) is 1.75. The lowest BCUT2D eigenvalue weighted by Crippen LogP contribution is -1.98. The van der Waals surface area contributed by atoms with Crippen molar-refractivity contribution in [2.75, 3.05) is 0 Å². The van der Waals surface area contributed by atoms with E-state index < -0.39 is 0 Å². The van der Waals surface area contributed by atoms with Gasteiger partial charge in [0.25, 0.3) is 0 Å². The Kier molecular flexibility index (Phi) is 7.20. The highest BCUT2D eigenvalue weighted by atomic mass is 79.9. The van der Waals surface area contributed by atoms with Crippen LogP contribution in [-0.2, 0) is 6.61 Å². The molecular formula is C22H13Br2Cl2NO. The molecule has 0 unspecified atom stereocenters. The molecule has 0 amide bonds. The Balaban J connectivity index is 2.02. The highest BCUT2D eigenvalue weighted by Crippen LogP contribution is 2.37. The third-order valence-electron chi connectivity index (χ3n) is 3.90. The zero-order chi connectivity index (χ0) is 20.1. The zero-order valence-corrected chi connectivity index (χ0v) is 19.1.